The van der Waals surface area contributed by atoms with Gasteiger partial charge in [0.15, 0.2) is 0 Å². The highest BCUT2D eigenvalue weighted by molar-refractivity contribution is 9.10. The van der Waals surface area contributed by atoms with Gasteiger partial charge >= 0.3 is 0 Å². The highest BCUT2D eigenvalue weighted by Gasteiger charge is 2.33. The van der Waals surface area contributed by atoms with Gasteiger partial charge in [-0.2, -0.15) is 14.5 Å². The number of rotatable bonds is 4. The minimum Gasteiger partial charge on any atom is -0.335 e. The Morgan fingerprint density at radius 2 is 1.85 bits per heavy atom. The smallest absolute Gasteiger partial charge is 0.273 e. The van der Waals surface area contributed by atoms with Crippen molar-refractivity contribution in [1.82, 2.24) is 28.8 Å². The highest BCUT2D eigenvalue weighted by atomic mass is 79.9. The third-order valence-corrected chi connectivity index (χ3v) is 7.21. The van der Waals surface area contributed by atoms with Crippen LogP contribution in [-0.4, -0.2) is 69.3 Å². The lowest BCUT2D eigenvalue weighted by Crippen LogP contribution is -2.50. The van der Waals surface area contributed by atoms with E-state index in [9.17, 15) is 13.2 Å². The Hall–Kier alpha value is -1.72. The van der Waals surface area contributed by atoms with Gasteiger partial charge in [-0.05, 0) is 29.8 Å². The molecule has 1 fully saturated rings. The molecule has 3 rings (SSSR count). The summed E-state index contributed by atoms with van der Waals surface area (Å²) in [4.78, 5) is 14.7. The van der Waals surface area contributed by atoms with Gasteiger partial charge in [0.1, 0.15) is 10.6 Å². The minimum atomic E-state index is -3.61. The summed E-state index contributed by atoms with van der Waals surface area (Å²) in [5, 5.41) is 8.18. The number of carbonyl (C=O) groups excluding carboxylic acids is 1. The molecule has 0 aromatic carbocycles. The van der Waals surface area contributed by atoms with E-state index in [-0.39, 0.29) is 23.9 Å². The van der Waals surface area contributed by atoms with Crippen LogP contribution < -0.4 is 0 Å². The summed E-state index contributed by atoms with van der Waals surface area (Å²) in [5.41, 5.74) is 1.09. The molecule has 11 heteroatoms. The normalized spacial score (nSPS) is 16.2. The number of piperazine rings is 1. The van der Waals surface area contributed by atoms with Crippen LogP contribution in [0, 0.1) is 6.92 Å². The summed E-state index contributed by atoms with van der Waals surface area (Å²) in [6.07, 6.45) is 2.97. The van der Waals surface area contributed by atoms with Crippen LogP contribution in [0.15, 0.2) is 21.8 Å². The molecule has 0 atom stereocenters. The quantitative estimate of drug-likeness (QED) is 0.696. The molecule has 1 saturated heterocycles. The van der Waals surface area contributed by atoms with E-state index in [0.29, 0.717) is 35.5 Å². The molecule has 1 amide bonds. The molecule has 9 nitrogen and oxygen atoms in total. The van der Waals surface area contributed by atoms with E-state index in [4.69, 9.17) is 0 Å². The summed E-state index contributed by atoms with van der Waals surface area (Å²) in [6, 6.07) is 0. The van der Waals surface area contributed by atoms with Gasteiger partial charge in [-0.25, -0.2) is 8.42 Å². The van der Waals surface area contributed by atoms with Crippen molar-refractivity contribution in [3.63, 3.8) is 0 Å². The van der Waals surface area contributed by atoms with Crippen molar-refractivity contribution < 1.29 is 13.2 Å². The zero-order chi connectivity index (χ0) is 19.1. The summed E-state index contributed by atoms with van der Waals surface area (Å²) in [6.45, 7) is 5.39. The molecule has 0 spiro atoms. The predicted octanol–water partition coefficient (Wildman–Crippen LogP) is 0.854. The number of amides is 1. The molecule has 0 saturated carbocycles. The Morgan fingerprint density at radius 1 is 1.19 bits per heavy atom. The highest BCUT2D eigenvalue weighted by Crippen LogP contribution is 2.22. The molecule has 2 aromatic rings. The maximum absolute atomic E-state index is 12.8. The molecule has 0 N–H and O–H groups in total. The van der Waals surface area contributed by atoms with Crippen LogP contribution in [0.5, 0.6) is 0 Å². The summed E-state index contributed by atoms with van der Waals surface area (Å²) in [7, 11) is -1.90. The lowest BCUT2D eigenvalue weighted by Gasteiger charge is -2.34. The SMILES string of the molecule is CCn1ncc(Br)c1C(=O)N1CCN(S(=O)(=O)c2cnn(C)c2C)CC1. The van der Waals surface area contributed by atoms with Gasteiger partial charge in [0.2, 0.25) is 10.0 Å². The molecule has 0 bridgehead atoms. The number of sulfonamides is 1. The summed E-state index contributed by atoms with van der Waals surface area (Å²) >= 11 is 3.36. The van der Waals surface area contributed by atoms with Crippen LogP contribution in [0.4, 0.5) is 0 Å². The molecule has 1 aliphatic heterocycles. The molecule has 3 heterocycles. The number of nitrogens with zero attached hydrogens (tertiary/aromatic N) is 6. The lowest BCUT2D eigenvalue weighted by molar-refractivity contribution is 0.0684. The number of aryl methyl sites for hydroxylation is 2. The van der Waals surface area contributed by atoms with Crippen molar-refractivity contribution in [1.29, 1.82) is 0 Å². The van der Waals surface area contributed by atoms with E-state index in [1.54, 1.807) is 29.7 Å². The Bertz CT molecular complexity index is 927. The Balaban J connectivity index is 1.74. The van der Waals surface area contributed by atoms with Crippen LogP contribution in [0.3, 0.4) is 0 Å². The first-order chi connectivity index (χ1) is 12.3. The first kappa shape index (κ1) is 19.1. The predicted molar refractivity (Wildman–Crippen MR) is 98.2 cm³/mol. The fraction of sp³-hybridized carbons (Fsp3) is 0.533. The van der Waals surface area contributed by atoms with Crippen LogP contribution in [0.2, 0.25) is 0 Å². The Labute approximate surface area is 160 Å². The maximum atomic E-state index is 12.8. The Kier molecular flexibility index (Phi) is 5.22. The van der Waals surface area contributed by atoms with Gasteiger partial charge in [-0.1, -0.05) is 0 Å². The third-order valence-electron chi connectivity index (χ3n) is 4.63. The standard InChI is InChI=1S/C15H21BrN6O3S/c1-4-22-14(12(16)9-18-22)15(23)20-5-7-21(8-6-20)26(24,25)13-10-17-19(3)11(13)2/h9-10H,4-8H2,1-3H3. The summed E-state index contributed by atoms with van der Waals surface area (Å²) < 4.78 is 30.9. The van der Waals surface area contributed by atoms with E-state index in [2.05, 4.69) is 26.1 Å². The number of halogens is 1. The van der Waals surface area contributed by atoms with Crippen LogP contribution >= 0.6 is 15.9 Å². The van der Waals surface area contributed by atoms with E-state index >= 15 is 0 Å². The number of hydrogen-bond donors (Lipinski definition) is 0. The van der Waals surface area contributed by atoms with Crippen molar-refractivity contribution in [3.8, 4) is 0 Å². The zero-order valence-electron chi connectivity index (χ0n) is 14.9. The second-order valence-corrected chi connectivity index (χ2v) is 8.83. The first-order valence-corrected chi connectivity index (χ1v) is 10.5. The second-order valence-electron chi connectivity index (χ2n) is 6.07. The molecule has 1 aliphatic rings. The van der Waals surface area contributed by atoms with Gasteiger partial charge in [0.05, 0.1) is 22.6 Å². The van der Waals surface area contributed by atoms with Crippen molar-refractivity contribution in [2.45, 2.75) is 25.3 Å². The van der Waals surface area contributed by atoms with E-state index in [0.717, 1.165) is 0 Å². The summed E-state index contributed by atoms with van der Waals surface area (Å²) in [5.74, 6) is -0.147. The fourth-order valence-electron chi connectivity index (χ4n) is 2.97. The Morgan fingerprint density at radius 3 is 2.38 bits per heavy atom. The van der Waals surface area contributed by atoms with Gasteiger partial charge in [-0.15, -0.1) is 0 Å². The fourth-order valence-corrected chi connectivity index (χ4v) is 5.04. The maximum Gasteiger partial charge on any atom is 0.273 e. The van der Waals surface area contributed by atoms with E-state index < -0.39 is 10.0 Å². The monoisotopic (exact) mass is 444 g/mol. The topological polar surface area (TPSA) is 93.3 Å². The zero-order valence-corrected chi connectivity index (χ0v) is 17.3. The lowest BCUT2D eigenvalue weighted by atomic mass is 10.3. The van der Waals surface area contributed by atoms with Gasteiger partial charge in [-0.3, -0.25) is 14.2 Å². The van der Waals surface area contributed by atoms with Gasteiger partial charge < -0.3 is 4.90 Å². The van der Waals surface area contributed by atoms with Crippen LogP contribution in [0.1, 0.15) is 23.1 Å². The third kappa shape index (κ3) is 3.19. The largest absolute Gasteiger partial charge is 0.335 e. The average molecular weight is 445 g/mol. The molecular formula is C15H21BrN6O3S. The molecule has 26 heavy (non-hydrogen) atoms. The molecule has 2 aromatic heterocycles. The first-order valence-electron chi connectivity index (χ1n) is 8.26. The van der Waals surface area contributed by atoms with Crippen molar-refractivity contribution in [3.05, 3.63) is 28.3 Å². The van der Waals surface area contributed by atoms with E-state index in [1.807, 2.05) is 6.92 Å². The molecule has 0 unspecified atom stereocenters. The number of carbonyl (C=O) groups is 1. The van der Waals surface area contributed by atoms with Gasteiger partial charge in [0, 0.05) is 39.8 Å². The van der Waals surface area contributed by atoms with E-state index in [1.165, 1.54) is 15.2 Å². The number of hydrogen-bond acceptors (Lipinski definition) is 5. The van der Waals surface area contributed by atoms with Crippen molar-refractivity contribution in [2.75, 3.05) is 26.2 Å². The minimum absolute atomic E-state index is 0.147. The molecule has 0 aliphatic carbocycles. The van der Waals surface area contributed by atoms with Crippen LogP contribution in [-0.2, 0) is 23.6 Å². The van der Waals surface area contributed by atoms with Gasteiger partial charge in [0.25, 0.3) is 5.91 Å². The van der Waals surface area contributed by atoms with Crippen molar-refractivity contribution >= 4 is 31.9 Å². The number of aromatic nitrogens is 4. The molecule has 142 valence electrons. The van der Waals surface area contributed by atoms with Crippen LogP contribution in [0.25, 0.3) is 0 Å². The average Bonchev–Trinajstić information content (AvgIpc) is 3.17. The molecule has 0 radical (unpaired) electrons. The van der Waals surface area contributed by atoms with Crippen molar-refractivity contribution in [2.24, 2.45) is 7.05 Å². The molecular weight excluding hydrogens is 424 g/mol. The second kappa shape index (κ2) is 7.12.